The number of anilines is 2. The SMILES string of the molecule is CCOc1cc(-c2cc(F)c(O)c(F)c2)ccc1-c1nc(NN)c(N)c(=O)[nH]1. The molecular weight excluding hydrogens is 372 g/mol. The number of hydrazine groups is 1. The third-order valence-corrected chi connectivity index (χ3v) is 3.98. The molecule has 8 nitrogen and oxygen atoms in total. The maximum Gasteiger partial charge on any atom is 0.276 e. The molecule has 7 N–H and O–H groups in total. The summed E-state index contributed by atoms with van der Waals surface area (Å²) in [7, 11) is 0. The molecule has 1 heterocycles. The number of halogens is 2. The maximum absolute atomic E-state index is 13.7. The predicted molar refractivity (Wildman–Crippen MR) is 101 cm³/mol. The Labute approximate surface area is 157 Å². The second kappa shape index (κ2) is 7.53. The number of ether oxygens (including phenoxy) is 1. The first-order chi connectivity index (χ1) is 13.3. The Kier molecular flexibility index (Phi) is 5.14. The molecule has 0 unspecified atom stereocenters. The summed E-state index contributed by atoms with van der Waals surface area (Å²) in [6.45, 7) is 2.04. The summed E-state index contributed by atoms with van der Waals surface area (Å²) in [5.41, 5.74) is 8.14. The van der Waals surface area contributed by atoms with Gasteiger partial charge in [0, 0.05) is 0 Å². The lowest BCUT2D eigenvalue weighted by molar-refractivity contribution is 0.341. The Bertz CT molecular complexity index is 1080. The van der Waals surface area contributed by atoms with Crippen LogP contribution >= 0.6 is 0 Å². The summed E-state index contributed by atoms with van der Waals surface area (Å²) in [6, 6.07) is 6.68. The topological polar surface area (TPSA) is 139 Å². The number of aromatic amines is 1. The van der Waals surface area contributed by atoms with Gasteiger partial charge in [-0.15, -0.1) is 0 Å². The number of aromatic nitrogens is 2. The van der Waals surface area contributed by atoms with E-state index in [0.29, 0.717) is 16.9 Å². The molecule has 0 fully saturated rings. The lowest BCUT2D eigenvalue weighted by Crippen LogP contribution is -2.20. The van der Waals surface area contributed by atoms with E-state index in [4.69, 9.17) is 16.3 Å². The van der Waals surface area contributed by atoms with Gasteiger partial charge in [0.2, 0.25) is 0 Å². The Morgan fingerprint density at radius 1 is 1.21 bits per heavy atom. The van der Waals surface area contributed by atoms with Crippen LogP contribution in [0.4, 0.5) is 20.3 Å². The zero-order valence-electron chi connectivity index (χ0n) is 14.7. The Morgan fingerprint density at radius 2 is 1.89 bits per heavy atom. The van der Waals surface area contributed by atoms with E-state index >= 15 is 0 Å². The number of nitrogen functional groups attached to an aromatic ring is 2. The van der Waals surface area contributed by atoms with Gasteiger partial charge in [-0.05, 0) is 42.3 Å². The number of hydrogen-bond acceptors (Lipinski definition) is 7. The van der Waals surface area contributed by atoms with Gasteiger partial charge in [-0.1, -0.05) is 6.07 Å². The molecule has 0 amide bonds. The fraction of sp³-hybridized carbons (Fsp3) is 0.111. The summed E-state index contributed by atoms with van der Waals surface area (Å²) < 4.78 is 33.0. The minimum atomic E-state index is -1.08. The molecule has 3 aromatic rings. The van der Waals surface area contributed by atoms with Gasteiger partial charge in [-0.2, -0.15) is 0 Å². The number of benzene rings is 2. The van der Waals surface area contributed by atoms with Crippen LogP contribution in [0, 0.1) is 11.6 Å². The molecule has 2 aromatic carbocycles. The fourth-order valence-electron chi connectivity index (χ4n) is 2.62. The van der Waals surface area contributed by atoms with Crippen LogP contribution in [-0.2, 0) is 0 Å². The molecule has 0 spiro atoms. The van der Waals surface area contributed by atoms with Crippen molar-refractivity contribution < 1.29 is 18.6 Å². The number of nitrogens with two attached hydrogens (primary N) is 2. The number of hydrogen-bond donors (Lipinski definition) is 5. The second-order valence-corrected chi connectivity index (χ2v) is 5.75. The van der Waals surface area contributed by atoms with Gasteiger partial charge >= 0.3 is 0 Å². The number of nitrogens with zero attached hydrogens (tertiary/aromatic N) is 1. The molecule has 0 aliphatic rings. The Hall–Kier alpha value is -3.66. The Balaban J connectivity index is 2.15. The monoisotopic (exact) mass is 389 g/mol. The summed E-state index contributed by atoms with van der Waals surface area (Å²) >= 11 is 0. The zero-order chi connectivity index (χ0) is 20.4. The average molecular weight is 389 g/mol. The molecule has 0 saturated carbocycles. The highest BCUT2D eigenvalue weighted by Gasteiger charge is 2.16. The molecule has 146 valence electrons. The Morgan fingerprint density at radius 3 is 2.50 bits per heavy atom. The molecule has 1 aromatic heterocycles. The predicted octanol–water partition coefficient (Wildman–Crippen LogP) is 2.35. The van der Waals surface area contributed by atoms with Gasteiger partial charge < -0.3 is 26.0 Å². The van der Waals surface area contributed by atoms with Crippen molar-refractivity contribution in [2.75, 3.05) is 17.8 Å². The van der Waals surface area contributed by atoms with E-state index in [1.807, 2.05) is 0 Å². The minimum absolute atomic E-state index is 0.00653. The van der Waals surface area contributed by atoms with Crippen LogP contribution in [0.5, 0.6) is 11.5 Å². The quantitative estimate of drug-likeness (QED) is 0.333. The summed E-state index contributed by atoms with van der Waals surface area (Å²) in [6.07, 6.45) is 0. The lowest BCUT2D eigenvalue weighted by atomic mass is 10.0. The highest BCUT2D eigenvalue weighted by atomic mass is 19.1. The van der Waals surface area contributed by atoms with Gasteiger partial charge in [0.1, 0.15) is 17.3 Å². The van der Waals surface area contributed by atoms with E-state index in [1.54, 1.807) is 19.1 Å². The molecule has 28 heavy (non-hydrogen) atoms. The van der Waals surface area contributed by atoms with Gasteiger partial charge in [-0.25, -0.2) is 19.6 Å². The number of nitrogens with one attached hydrogen (secondary N) is 2. The van der Waals surface area contributed by atoms with E-state index in [-0.39, 0.29) is 29.5 Å². The molecule has 0 saturated heterocycles. The van der Waals surface area contributed by atoms with Crippen LogP contribution in [0.1, 0.15) is 6.92 Å². The van der Waals surface area contributed by atoms with Gasteiger partial charge in [0.05, 0.1) is 12.2 Å². The third kappa shape index (κ3) is 3.45. The molecule has 0 radical (unpaired) electrons. The molecule has 0 aliphatic heterocycles. The lowest BCUT2D eigenvalue weighted by Gasteiger charge is -2.13. The fourth-order valence-corrected chi connectivity index (χ4v) is 2.62. The molecule has 3 rings (SSSR count). The van der Waals surface area contributed by atoms with Crippen molar-refractivity contribution in [2.24, 2.45) is 5.84 Å². The third-order valence-electron chi connectivity index (χ3n) is 3.98. The first-order valence-electron chi connectivity index (χ1n) is 8.17. The van der Waals surface area contributed by atoms with Gasteiger partial charge in [0.15, 0.2) is 23.2 Å². The number of phenols is 1. The molecule has 0 aliphatic carbocycles. The van der Waals surface area contributed by atoms with Crippen molar-refractivity contribution >= 4 is 11.5 Å². The summed E-state index contributed by atoms with van der Waals surface area (Å²) in [5, 5.41) is 9.26. The number of aromatic hydroxyl groups is 1. The first-order valence-corrected chi connectivity index (χ1v) is 8.17. The van der Waals surface area contributed by atoms with Crippen molar-refractivity contribution in [1.82, 2.24) is 9.97 Å². The highest BCUT2D eigenvalue weighted by Crippen LogP contribution is 2.35. The minimum Gasteiger partial charge on any atom is -0.503 e. The van der Waals surface area contributed by atoms with E-state index in [2.05, 4.69) is 15.4 Å². The van der Waals surface area contributed by atoms with Crippen LogP contribution in [0.15, 0.2) is 35.1 Å². The zero-order valence-corrected chi connectivity index (χ0v) is 14.7. The van der Waals surface area contributed by atoms with Crippen LogP contribution in [0.3, 0.4) is 0 Å². The molecule has 10 heteroatoms. The number of H-pyrrole nitrogens is 1. The maximum atomic E-state index is 13.7. The van der Waals surface area contributed by atoms with Crippen molar-refractivity contribution in [3.8, 4) is 34.0 Å². The van der Waals surface area contributed by atoms with Crippen LogP contribution in [0.25, 0.3) is 22.5 Å². The van der Waals surface area contributed by atoms with Crippen molar-refractivity contribution in [2.45, 2.75) is 6.92 Å². The number of rotatable bonds is 5. The van der Waals surface area contributed by atoms with Crippen LogP contribution in [-0.4, -0.2) is 21.7 Å². The second-order valence-electron chi connectivity index (χ2n) is 5.75. The van der Waals surface area contributed by atoms with E-state index < -0.39 is 22.9 Å². The molecule has 0 bridgehead atoms. The highest BCUT2D eigenvalue weighted by molar-refractivity contribution is 5.75. The van der Waals surface area contributed by atoms with Crippen molar-refractivity contribution in [1.29, 1.82) is 0 Å². The van der Waals surface area contributed by atoms with Crippen molar-refractivity contribution in [3.63, 3.8) is 0 Å². The standard InChI is InChI=1S/C18H17F2N5O3/c1-2-28-13-7-8(9-5-11(19)15(26)12(20)6-9)3-4-10(13)16-23-17(25-22)14(21)18(27)24-16/h3-7,26H,2,21-22H2,1H3,(H2,23,24,25,27). The van der Waals surface area contributed by atoms with Crippen LogP contribution < -0.4 is 27.3 Å². The first kappa shape index (κ1) is 19.1. The van der Waals surface area contributed by atoms with E-state index in [0.717, 1.165) is 12.1 Å². The largest absolute Gasteiger partial charge is 0.503 e. The van der Waals surface area contributed by atoms with Crippen molar-refractivity contribution in [3.05, 3.63) is 52.3 Å². The van der Waals surface area contributed by atoms with Gasteiger partial charge in [-0.3, -0.25) is 4.79 Å². The molecular formula is C18H17F2N5O3. The summed E-state index contributed by atoms with van der Waals surface area (Å²) in [5.74, 6) is 2.57. The smallest absolute Gasteiger partial charge is 0.276 e. The molecule has 0 atom stereocenters. The van der Waals surface area contributed by atoms with Crippen LogP contribution in [0.2, 0.25) is 0 Å². The average Bonchev–Trinajstić information content (AvgIpc) is 2.68. The summed E-state index contributed by atoms with van der Waals surface area (Å²) in [4.78, 5) is 18.7. The normalized spacial score (nSPS) is 10.7. The number of phenolic OH excluding ortho intramolecular Hbond substituents is 1. The van der Waals surface area contributed by atoms with E-state index in [9.17, 15) is 18.7 Å². The van der Waals surface area contributed by atoms with E-state index in [1.165, 1.54) is 6.07 Å². The van der Waals surface area contributed by atoms with Gasteiger partial charge in [0.25, 0.3) is 5.56 Å².